The van der Waals surface area contributed by atoms with Crippen LogP contribution < -0.4 is 0 Å². The van der Waals surface area contributed by atoms with E-state index >= 15 is 0 Å². The molecule has 0 amide bonds. The molecule has 13 heavy (non-hydrogen) atoms. The van der Waals surface area contributed by atoms with Crippen molar-refractivity contribution in [2.75, 3.05) is 0 Å². The van der Waals surface area contributed by atoms with Crippen LogP contribution in [0.5, 0.6) is 0 Å². The van der Waals surface area contributed by atoms with E-state index in [9.17, 15) is 0 Å². The van der Waals surface area contributed by atoms with Gasteiger partial charge in [-0.1, -0.05) is 41.5 Å². The van der Waals surface area contributed by atoms with E-state index in [1.54, 1.807) is 0 Å². The van der Waals surface area contributed by atoms with Crippen molar-refractivity contribution in [2.24, 2.45) is 40.9 Å². The molecule has 0 N–H and O–H groups in total. The van der Waals surface area contributed by atoms with Crippen molar-refractivity contribution in [3.8, 4) is 0 Å². The summed E-state index contributed by atoms with van der Waals surface area (Å²) in [5.41, 5.74) is 0.665. The van der Waals surface area contributed by atoms with Gasteiger partial charge in [-0.3, -0.25) is 0 Å². The Hall–Kier alpha value is 0. The summed E-state index contributed by atoms with van der Waals surface area (Å²) < 4.78 is 0. The van der Waals surface area contributed by atoms with Crippen LogP contribution in [0.2, 0.25) is 0 Å². The summed E-state index contributed by atoms with van der Waals surface area (Å²) in [6, 6.07) is 0. The van der Waals surface area contributed by atoms with Crippen LogP contribution in [0.25, 0.3) is 0 Å². The Balaban J connectivity index is 2.14. The summed E-state index contributed by atoms with van der Waals surface area (Å²) in [6.45, 7) is 14.7. The highest BCUT2D eigenvalue weighted by molar-refractivity contribution is 5.19. The maximum Gasteiger partial charge on any atom is -0.0235 e. The lowest BCUT2D eigenvalue weighted by Gasteiger charge is -2.51. The van der Waals surface area contributed by atoms with E-state index in [0.29, 0.717) is 5.41 Å². The van der Waals surface area contributed by atoms with E-state index < -0.39 is 0 Å². The Morgan fingerprint density at radius 3 is 1.92 bits per heavy atom. The fourth-order valence-electron chi connectivity index (χ4n) is 4.28. The minimum atomic E-state index is 0.665. The van der Waals surface area contributed by atoms with Crippen molar-refractivity contribution in [3.05, 3.63) is 0 Å². The molecule has 6 atom stereocenters. The number of rotatable bonds is 2. The summed E-state index contributed by atoms with van der Waals surface area (Å²) in [6.07, 6.45) is 0. The summed E-state index contributed by atoms with van der Waals surface area (Å²) in [5, 5.41) is 0. The monoisotopic (exact) mass is 180 g/mol. The largest absolute Gasteiger partial charge is 0.0625 e. The molecule has 0 heterocycles. The molecule has 0 aromatic heterocycles. The molecule has 2 aliphatic rings. The van der Waals surface area contributed by atoms with Gasteiger partial charge in [-0.25, -0.2) is 0 Å². The molecule has 0 radical (unpaired) electrons. The molecule has 0 nitrogen and oxygen atoms in total. The van der Waals surface area contributed by atoms with Gasteiger partial charge >= 0.3 is 0 Å². The fourth-order valence-corrected chi connectivity index (χ4v) is 4.28. The highest BCUT2D eigenvalue weighted by Crippen LogP contribution is 2.77. The third-order valence-corrected chi connectivity index (χ3v) is 5.71. The molecule has 2 saturated carbocycles. The molecule has 0 spiro atoms. The molecule has 0 saturated heterocycles. The van der Waals surface area contributed by atoms with Gasteiger partial charge in [0.25, 0.3) is 0 Å². The smallest absolute Gasteiger partial charge is 0.0235 e. The molecular formula is C13H24. The average Bonchev–Trinajstić information content (AvgIpc) is 2.71. The second kappa shape index (κ2) is 2.52. The predicted molar refractivity (Wildman–Crippen MR) is 57.4 cm³/mol. The van der Waals surface area contributed by atoms with E-state index in [1.807, 2.05) is 0 Å². The zero-order chi connectivity index (χ0) is 9.96. The molecule has 0 aliphatic heterocycles. The zero-order valence-electron chi connectivity index (χ0n) is 9.96. The Morgan fingerprint density at radius 1 is 1.08 bits per heavy atom. The van der Waals surface area contributed by atoms with Crippen LogP contribution in [0, 0.1) is 40.9 Å². The minimum absolute atomic E-state index is 0.665. The van der Waals surface area contributed by atoms with Crippen molar-refractivity contribution in [2.45, 2.75) is 41.5 Å². The van der Waals surface area contributed by atoms with Gasteiger partial charge in [-0.2, -0.15) is 0 Å². The first-order valence-electron chi connectivity index (χ1n) is 5.92. The Kier molecular flexibility index (Phi) is 1.85. The third-order valence-electron chi connectivity index (χ3n) is 5.71. The van der Waals surface area contributed by atoms with E-state index in [2.05, 4.69) is 41.5 Å². The first-order valence-corrected chi connectivity index (χ1v) is 5.92. The van der Waals surface area contributed by atoms with Gasteiger partial charge in [0.05, 0.1) is 0 Å². The normalized spacial score (nSPS) is 55.6. The van der Waals surface area contributed by atoms with Crippen LogP contribution in [0.3, 0.4) is 0 Å². The van der Waals surface area contributed by atoms with Crippen LogP contribution in [0.1, 0.15) is 41.5 Å². The second-order valence-electron chi connectivity index (χ2n) is 6.15. The highest BCUT2D eigenvalue weighted by Gasteiger charge is 2.72. The van der Waals surface area contributed by atoms with Crippen LogP contribution in [0.15, 0.2) is 0 Å². The van der Waals surface area contributed by atoms with E-state index in [1.165, 1.54) is 0 Å². The molecule has 0 heteroatoms. The highest BCUT2D eigenvalue weighted by atomic mass is 14.8. The molecule has 76 valence electrons. The van der Waals surface area contributed by atoms with Crippen molar-refractivity contribution in [3.63, 3.8) is 0 Å². The van der Waals surface area contributed by atoms with Crippen LogP contribution in [-0.4, -0.2) is 0 Å². The molecule has 0 aromatic carbocycles. The van der Waals surface area contributed by atoms with E-state index in [4.69, 9.17) is 0 Å². The molecule has 2 fully saturated rings. The summed E-state index contributed by atoms with van der Waals surface area (Å²) in [5.74, 6) is 5.91. The predicted octanol–water partition coefficient (Wildman–Crippen LogP) is 3.82. The summed E-state index contributed by atoms with van der Waals surface area (Å²) in [7, 11) is 0. The molecule has 6 unspecified atom stereocenters. The van der Waals surface area contributed by atoms with Crippen LogP contribution >= 0.6 is 0 Å². The van der Waals surface area contributed by atoms with Gasteiger partial charge in [0.2, 0.25) is 0 Å². The van der Waals surface area contributed by atoms with Gasteiger partial charge in [-0.05, 0) is 40.9 Å². The molecule has 0 aromatic rings. The Labute approximate surface area is 83.1 Å². The van der Waals surface area contributed by atoms with Crippen molar-refractivity contribution < 1.29 is 0 Å². The first-order chi connectivity index (χ1) is 5.92. The third kappa shape index (κ3) is 0.926. The quantitative estimate of drug-likeness (QED) is 0.606. The number of fused-ring (bicyclic) bond motifs is 1. The Bertz CT molecular complexity index is 210. The van der Waals surface area contributed by atoms with E-state index in [-0.39, 0.29) is 0 Å². The lowest BCUT2D eigenvalue weighted by atomic mass is 9.54. The van der Waals surface area contributed by atoms with Crippen molar-refractivity contribution >= 4 is 0 Å². The molecular weight excluding hydrogens is 156 g/mol. The first kappa shape index (κ1) is 9.55. The van der Waals surface area contributed by atoms with Crippen molar-refractivity contribution in [1.82, 2.24) is 0 Å². The lowest BCUT2D eigenvalue weighted by Crippen LogP contribution is -2.46. The van der Waals surface area contributed by atoms with Gasteiger partial charge in [-0.15, -0.1) is 0 Å². The van der Waals surface area contributed by atoms with Crippen LogP contribution in [0.4, 0.5) is 0 Å². The standard InChI is InChI=1S/C13H24/c1-7(2)9(4)13(6)10(5)11-8(3)12(11)13/h7-12H,1-6H3. The van der Waals surface area contributed by atoms with Gasteiger partial charge < -0.3 is 0 Å². The average molecular weight is 180 g/mol. The number of hydrogen-bond donors (Lipinski definition) is 0. The van der Waals surface area contributed by atoms with Gasteiger partial charge in [0.15, 0.2) is 0 Å². The fraction of sp³-hybridized carbons (Fsp3) is 1.00. The number of hydrogen-bond acceptors (Lipinski definition) is 0. The van der Waals surface area contributed by atoms with Crippen LogP contribution in [-0.2, 0) is 0 Å². The maximum atomic E-state index is 2.53. The minimum Gasteiger partial charge on any atom is -0.0625 e. The molecule has 2 rings (SSSR count). The topological polar surface area (TPSA) is 0 Å². The summed E-state index contributed by atoms with van der Waals surface area (Å²) in [4.78, 5) is 0. The van der Waals surface area contributed by atoms with Gasteiger partial charge in [0.1, 0.15) is 0 Å². The Morgan fingerprint density at radius 2 is 1.62 bits per heavy atom. The van der Waals surface area contributed by atoms with Crippen molar-refractivity contribution in [1.29, 1.82) is 0 Å². The lowest BCUT2D eigenvalue weighted by molar-refractivity contribution is -0.0308. The maximum absolute atomic E-state index is 2.53. The second-order valence-corrected chi connectivity index (χ2v) is 6.15. The molecule has 2 aliphatic carbocycles. The SMILES string of the molecule is CC(C)C(C)C1(C)C(C)C2C(C)C21. The van der Waals surface area contributed by atoms with E-state index in [0.717, 1.165) is 35.5 Å². The zero-order valence-corrected chi connectivity index (χ0v) is 9.96. The molecule has 0 bridgehead atoms. The van der Waals surface area contributed by atoms with Gasteiger partial charge in [0, 0.05) is 0 Å². The summed E-state index contributed by atoms with van der Waals surface area (Å²) >= 11 is 0.